The van der Waals surface area contributed by atoms with Gasteiger partial charge in [0, 0.05) is 17.6 Å². The van der Waals surface area contributed by atoms with Crippen molar-refractivity contribution in [1.82, 2.24) is 0 Å². The minimum Gasteiger partial charge on any atom is -0.456 e. The lowest BCUT2D eigenvalue weighted by Crippen LogP contribution is -2.38. The number of hydrogen-bond donors (Lipinski definition) is 0. The Labute approximate surface area is 72.9 Å². The van der Waals surface area contributed by atoms with Crippen molar-refractivity contribution in [3.8, 4) is 0 Å². The number of ether oxygens (including phenoxy) is 2. The first-order valence-electron chi connectivity index (χ1n) is 4.02. The van der Waals surface area contributed by atoms with Crippen LogP contribution in [0.4, 0.5) is 0 Å². The standard InChI is InChI=1S/C8H14O2S/c1-3-8(4-2)5-9-7(11)10-6-8/h3-6H2,1-2H3. The fraction of sp³-hybridized carbons (Fsp3) is 0.875. The van der Waals surface area contributed by atoms with Crippen molar-refractivity contribution < 1.29 is 9.47 Å². The second-order valence-electron chi connectivity index (χ2n) is 3.03. The van der Waals surface area contributed by atoms with Crippen molar-refractivity contribution >= 4 is 17.5 Å². The molecule has 0 saturated carbocycles. The molecule has 1 aliphatic rings. The van der Waals surface area contributed by atoms with E-state index in [2.05, 4.69) is 13.8 Å². The fourth-order valence-corrected chi connectivity index (χ4v) is 1.28. The Morgan fingerprint density at radius 3 is 2.09 bits per heavy atom. The maximum Gasteiger partial charge on any atom is 0.352 e. The molecule has 0 spiro atoms. The van der Waals surface area contributed by atoms with E-state index in [0.717, 1.165) is 26.1 Å². The molecular formula is C8H14O2S. The SMILES string of the molecule is CCC1(CC)COC(=S)OC1. The number of rotatable bonds is 2. The van der Waals surface area contributed by atoms with Crippen LogP contribution in [0, 0.1) is 5.41 Å². The topological polar surface area (TPSA) is 18.5 Å². The largest absolute Gasteiger partial charge is 0.456 e. The fourth-order valence-electron chi connectivity index (χ4n) is 1.17. The number of thiocarbonyl (C=S) groups is 1. The molecule has 0 amide bonds. The van der Waals surface area contributed by atoms with Gasteiger partial charge >= 0.3 is 5.24 Å². The predicted octanol–water partition coefficient (Wildman–Crippen LogP) is 2.12. The summed E-state index contributed by atoms with van der Waals surface area (Å²) in [7, 11) is 0. The molecule has 3 heteroatoms. The van der Waals surface area contributed by atoms with E-state index in [1.807, 2.05) is 0 Å². The average Bonchev–Trinajstić information content (AvgIpc) is 2.07. The second kappa shape index (κ2) is 3.39. The maximum atomic E-state index is 5.18. The van der Waals surface area contributed by atoms with E-state index in [0.29, 0.717) is 5.24 Å². The highest BCUT2D eigenvalue weighted by Gasteiger charge is 2.32. The van der Waals surface area contributed by atoms with Gasteiger partial charge in [-0.3, -0.25) is 0 Å². The van der Waals surface area contributed by atoms with Gasteiger partial charge in [0.25, 0.3) is 0 Å². The van der Waals surface area contributed by atoms with Crippen LogP contribution in [0.3, 0.4) is 0 Å². The maximum absolute atomic E-state index is 5.18. The van der Waals surface area contributed by atoms with Crippen LogP contribution in [0.1, 0.15) is 26.7 Å². The van der Waals surface area contributed by atoms with Crippen LogP contribution in [-0.4, -0.2) is 18.5 Å². The zero-order valence-electron chi connectivity index (χ0n) is 7.05. The minimum absolute atomic E-state index is 0.211. The molecule has 0 radical (unpaired) electrons. The lowest BCUT2D eigenvalue weighted by molar-refractivity contribution is -0.0132. The highest BCUT2D eigenvalue weighted by Crippen LogP contribution is 2.30. The summed E-state index contributed by atoms with van der Waals surface area (Å²) in [6, 6.07) is 0. The summed E-state index contributed by atoms with van der Waals surface area (Å²) in [4.78, 5) is 0. The molecule has 1 saturated heterocycles. The highest BCUT2D eigenvalue weighted by molar-refractivity contribution is 7.79. The van der Waals surface area contributed by atoms with Gasteiger partial charge in [0.1, 0.15) is 13.2 Å². The molecular weight excluding hydrogens is 160 g/mol. The molecule has 0 unspecified atom stereocenters. The quantitative estimate of drug-likeness (QED) is 0.597. The Bertz CT molecular complexity index is 140. The Balaban J connectivity index is 2.52. The molecule has 0 aromatic carbocycles. The third-order valence-corrected chi connectivity index (χ3v) is 2.73. The molecule has 1 rings (SSSR count). The zero-order valence-corrected chi connectivity index (χ0v) is 7.87. The van der Waals surface area contributed by atoms with Crippen LogP contribution < -0.4 is 0 Å². The van der Waals surface area contributed by atoms with Gasteiger partial charge < -0.3 is 9.47 Å². The molecule has 0 bridgehead atoms. The van der Waals surface area contributed by atoms with Crippen molar-refractivity contribution in [2.24, 2.45) is 5.41 Å². The van der Waals surface area contributed by atoms with E-state index >= 15 is 0 Å². The van der Waals surface area contributed by atoms with Crippen molar-refractivity contribution in [3.05, 3.63) is 0 Å². The van der Waals surface area contributed by atoms with Gasteiger partial charge in [-0.15, -0.1) is 0 Å². The molecule has 0 atom stereocenters. The molecule has 11 heavy (non-hydrogen) atoms. The Morgan fingerprint density at radius 1 is 1.27 bits per heavy atom. The molecule has 0 aliphatic carbocycles. The van der Waals surface area contributed by atoms with E-state index in [9.17, 15) is 0 Å². The predicted molar refractivity (Wildman–Crippen MR) is 47.5 cm³/mol. The van der Waals surface area contributed by atoms with Gasteiger partial charge in [0.15, 0.2) is 0 Å². The van der Waals surface area contributed by atoms with E-state index in [4.69, 9.17) is 21.7 Å². The lowest BCUT2D eigenvalue weighted by Gasteiger charge is -2.34. The normalized spacial score (nSPS) is 22.2. The van der Waals surface area contributed by atoms with Crippen LogP contribution in [-0.2, 0) is 9.47 Å². The first-order chi connectivity index (χ1) is 5.22. The third-order valence-electron chi connectivity index (χ3n) is 2.49. The van der Waals surface area contributed by atoms with Gasteiger partial charge in [-0.1, -0.05) is 13.8 Å². The van der Waals surface area contributed by atoms with Gasteiger partial charge in [0.2, 0.25) is 0 Å². The molecule has 0 aromatic heterocycles. The Morgan fingerprint density at radius 2 is 1.73 bits per heavy atom. The van der Waals surface area contributed by atoms with E-state index in [1.165, 1.54) is 0 Å². The van der Waals surface area contributed by atoms with Gasteiger partial charge in [-0.05, 0) is 12.8 Å². The van der Waals surface area contributed by atoms with Crippen molar-refractivity contribution in [2.45, 2.75) is 26.7 Å². The van der Waals surface area contributed by atoms with E-state index < -0.39 is 0 Å². The highest BCUT2D eigenvalue weighted by atomic mass is 32.1. The molecule has 1 heterocycles. The summed E-state index contributed by atoms with van der Waals surface area (Å²) < 4.78 is 10.4. The number of hydrogen-bond acceptors (Lipinski definition) is 3. The first-order valence-corrected chi connectivity index (χ1v) is 4.43. The Hall–Kier alpha value is -0.310. The van der Waals surface area contributed by atoms with Crippen molar-refractivity contribution in [1.29, 1.82) is 0 Å². The van der Waals surface area contributed by atoms with E-state index in [1.54, 1.807) is 0 Å². The molecule has 0 N–H and O–H groups in total. The smallest absolute Gasteiger partial charge is 0.352 e. The molecule has 1 aliphatic heterocycles. The van der Waals surface area contributed by atoms with Gasteiger partial charge in [0.05, 0.1) is 0 Å². The molecule has 1 fully saturated rings. The van der Waals surface area contributed by atoms with Crippen LogP contribution in [0.15, 0.2) is 0 Å². The summed E-state index contributed by atoms with van der Waals surface area (Å²) in [6.07, 6.45) is 2.18. The van der Waals surface area contributed by atoms with Crippen LogP contribution in [0.25, 0.3) is 0 Å². The molecule has 2 nitrogen and oxygen atoms in total. The summed E-state index contributed by atoms with van der Waals surface area (Å²) in [5, 5.41) is 0.308. The first kappa shape index (κ1) is 8.78. The monoisotopic (exact) mass is 174 g/mol. The lowest BCUT2D eigenvalue weighted by atomic mass is 9.84. The summed E-state index contributed by atoms with van der Waals surface area (Å²) >= 11 is 4.76. The average molecular weight is 174 g/mol. The summed E-state index contributed by atoms with van der Waals surface area (Å²) in [5.41, 5.74) is 0.211. The summed E-state index contributed by atoms with van der Waals surface area (Å²) in [6.45, 7) is 5.76. The Kier molecular flexibility index (Phi) is 2.71. The van der Waals surface area contributed by atoms with Crippen molar-refractivity contribution in [2.75, 3.05) is 13.2 Å². The summed E-state index contributed by atoms with van der Waals surface area (Å²) in [5.74, 6) is 0. The van der Waals surface area contributed by atoms with E-state index in [-0.39, 0.29) is 5.41 Å². The van der Waals surface area contributed by atoms with Crippen LogP contribution in [0.5, 0.6) is 0 Å². The molecule has 64 valence electrons. The van der Waals surface area contributed by atoms with Crippen molar-refractivity contribution in [3.63, 3.8) is 0 Å². The minimum atomic E-state index is 0.211. The van der Waals surface area contributed by atoms with Gasteiger partial charge in [-0.25, -0.2) is 0 Å². The second-order valence-corrected chi connectivity index (χ2v) is 3.37. The van der Waals surface area contributed by atoms with Crippen LogP contribution in [0.2, 0.25) is 0 Å². The zero-order chi connectivity index (χ0) is 8.32. The van der Waals surface area contributed by atoms with Crippen LogP contribution >= 0.6 is 12.2 Å². The molecule has 0 aromatic rings. The van der Waals surface area contributed by atoms with Gasteiger partial charge in [-0.2, -0.15) is 0 Å². The third kappa shape index (κ3) is 1.83.